The zero-order valence-electron chi connectivity index (χ0n) is 9.72. The van der Waals surface area contributed by atoms with E-state index in [1.165, 1.54) is 0 Å². The van der Waals surface area contributed by atoms with Crippen LogP contribution in [0.25, 0.3) is 0 Å². The predicted molar refractivity (Wildman–Crippen MR) is 56.3 cm³/mol. The molecule has 3 fully saturated rings. The van der Waals surface area contributed by atoms with Gasteiger partial charge in [0.1, 0.15) is 11.6 Å². The zero-order chi connectivity index (χ0) is 11.1. The van der Waals surface area contributed by atoms with Crippen LogP contribution in [0.1, 0.15) is 46.5 Å². The minimum Gasteiger partial charge on any atom is -0.299 e. The van der Waals surface area contributed by atoms with Gasteiger partial charge in [0.2, 0.25) is 0 Å². The van der Waals surface area contributed by atoms with Gasteiger partial charge in [-0.05, 0) is 23.7 Å². The van der Waals surface area contributed by atoms with E-state index in [0.29, 0.717) is 24.4 Å². The smallest absolute Gasteiger partial charge is 0.139 e. The van der Waals surface area contributed by atoms with Crippen molar-refractivity contribution < 1.29 is 9.59 Å². The third-order valence-corrected chi connectivity index (χ3v) is 6.06. The van der Waals surface area contributed by atoms with Gasteiger partial charge in [-0.25, -0.2) is 0 Å². The van der Waals surface area contributed by atoms with Crippen molar-refractivity contribution in [2.75, 3.05) is 0 Å². The van der Waals surface area contributed by atoms with E-state index in [9.17, 15) is 9.59 Å². The molecule has 0 aromatic carbocycles. The number of hydrogen-bond acceptors (Lipinski definition) is 2. The Kier molecular flexibility index (Phi) is 1.41. The van der Waals surface area contributed by atoms with Crippen molar-refractivity contribution >= 4 is 11.6 Å². The van der Waals surface area contributed by atoms with Crippen LogP contribution in [0.3, 0.4) is 0 Å². The number of hydrogen-bond donors (Lipinski definition) is 0. The summed E-state index contributed by atoms with van der Waals surface area (Å²) in [5.74, 6) is 0.859. The Morgan fingerprint density at radius 1 is 1.27 bits per heavy atom. The molecule has 0 bridgehead atoms. The Balaban J connectivity index is 2.11. The fraction of sp³-hybridized carbons (Fsp3) is 0.846. The summed E-state index contributed by atoms with van der Waals surface area (Å²) in [6.45, 7) is 6.31. The van der Waals surface area contributed by atoms with E-state index >= 15 is 0 Å². The second kappa shape index (κ2) is 2.21. The molecule has 3 aliphatic carbocycles. The molecule has 2 nitrogen and oxygen atoms in total. The van der Waals surface area contributed by atoms with Crippen molar-refractivity contribution in [1.82, 2.24) is 0 Å². The Labute approximate surface area is 90.4 Å². The second-order valence-corrected chi connectivity index (χ2v) is 6.30. The molecule has 0 aromatic rings. The zero-order valence-corrected chi connectivity index (χ0v) is 9.72. The van der Waals surface area contributed by atoms with E-state index < -0.39 is 0 Å². The van der Waals surface area contributed by atoms with E-state index in [2.05, 4.69) is 13.8 Å². The largest absolute Gasteiger partial charge is 0.299 e. The second-order valence-electron chi connectivity index (χ2n) is 6.30. The molecule has 0 heterocycles. The summed E-state index contributed by atoms with van der Waals surface area (Å²) < 4.78 is 0. The van der Waals surface area contributed by atoms with Crippen LogP contribution in [-0.4, -0.2) is 11.6 Å². The van der Waals surface area contributed by atoms with Gasteiger partial charge in [0.05, 0.1) is 0 Å². The van der Waals surface area contributed by atoms with Gasteiger partial charge in [0, 0.05) is 24.2 Å². The Morgan fingerprint density at radius 2 is 1.93 bits per heavy atom. The molecule has 0 saturated heterocycles. The monoisotopic (exact) mass is 206 g/mol. The minimum atomic E-state index is -0.0727. The average molecular weight is 206 g/mol. The standard InChI is InChI=1S/C13H18O2/c1-8-9(14)4-5-13-7-12(13,3)10(15)6-11(8,13)2/h8H,4-7H2,1-3H3/t8-,11+,12-,13+/m1/s1. The van der Waals surface area contributed by atoms with Crippen LogP contribution in [-0.2, 0) is 9.59 Å². The molecular weight excluding hydrogens is 188 g/mol. The maximum atomic E-state index is 12.0. The predicted octanol–water partition coefficient (Wildman–Crippen LogP) is 2.36. The van der Waals surface area contributed by atoms with Crippen LogP contribution in [0.15, 0.2) is 0 Å². The molecule has 0 N–H and O–H groups in total. The Bertz CT molecular complexity index is 386. The summed E-state index contributed by atoms with van der Waals surface area (Å²) in [4.78, 5) is 23.8. The SMILES string of the molecule is C[C@@H]1C(=O)CC[C@@]23C[C@]2(C)C(=O)C[C@@]13C. The lowest BCUT2D eigenvalue weighted by molar-refractivity contribution is -0.133. The number of Topliss-reactive ketones (excluding diaryl/α,β-unsaturated/α-hetero) is 2. The summed E-state index contributed by atoms with van der Waals surface area (Å²) >= 11 is 0. The number of carbonyl (C=O) groups is 2. The first-order valence-corrected chi connectivity index (χ1v) is 5.93. The van der Waals surface area contributed by atoms with E-state index in [0.717, 1.165) is 12.8 Å². The number of carbonyl (C=O) groups excluding carboxylic acids is 2. The van der Waals surface area contributed by atoms with Crippen molar-refractivity contribution in [1.29, 1.82) is 0 Å². The van der Waals surface area contributed by atoms with Crippen molar-refractivity contribution in [2.45, 2.75) is 46.5 Å². The summed E-state index contributed by atoms with van der Waals surface area (Å²) in [6, 6.07) is 0. The highest BCUT2D eigenvalue weighted by Gasteiger charge is 2.81. The molecular formula is C13H18O2. The first-order chi connectivity index (χ1) is 6.87. The van der Waals surface area contributed by atoms with E-state index in [-0.39, 0.29) is 22.2 Å². The van der Waals surface area contributed by atoms with Crippen molar-refractivity contribution in [3.63, 3.8) is 0 Å². The molecule has 0 aromatic heterocycles. The number of ketones is 2. The highest BCUT2D eigenvalue weighted by molar-refractivity contribution is 5.96. The maximum absolute atomic E-state index is 12.0. The van der Waals surface area contributed by atoms with Gasteiger partial charge in [0.15, 0.2) is 0 Å². The highest BCUT2D eigenvalue weighted by atomic mass is 16.1. The molecule has 1 spiro atoms. The quantitative estimate of drug-likeness (QED) is 0.609. The van der Waals surface area contributed by atoms with Gasteiger partial charge in [0.25, 0.3) is 0 Å². The molecule has 4 atom stereocenters. The van der Waals surface area contributed by atoms with Crippen LogP contribution < -0.4 is 0 Å². The van der Waals surface area contributed by atoms with Gasteiger partial charge in [-0.1, -0.05) is 20.8 Å². The minimum absolute atomic E-state index is 0.0336. The summed E-state index contributed by atoms with van der Waals surface area (Å²) in [5.41, 5.74) is 0.0787. The third kappa shape index (κ3) is 0.734. The van der Waals surface area contributed by atoms with Crippen molar-refractivity contribution in [2.24, 2.45) is 22.2 Å². The molecule has 0 unspecified atom stereocenters. The molecule has 3 rings (SSSR count). The lowest BCUT2D eigenvalue weighted by atomic mass is 9.59. The van der Waals surface area contributed by atoms with Crippen LogP contribution in [0.4, 0.5) is 0 Å². The molecule has 0 aliphatic heterocycles. The summed E-state index contributed by atoms with van der Waals surface area (Å²) in [5, 5.41) is 0. The topological polar surface area (TPSA) is 34.1 Å². The Hall–Kier alpha value is -0.660. The first-order valence-electron chi connectivity index (χ1n) is 5.93. The number of rotatable bonds is 0. The molecule has 3 saturated carbocycles. The molecule has 0 amide bonds. The van der Waals surface area contributed by atoms with Crippen LogP contribution in [0, 0.1) is 22.2 Å². The lowest BCUT2D eigenvalue weighted by Crippen LogP contribution is -2.42. The maximum Gasteiger partial charge on any atom is 0.139 e. The van der Waals surface area contributed by atoms with Gasteiger partial charge in [-0.15, -0.1) is 0 Å². The van der Waals surface area contributed by atoms with Gasteiger partial charge in [-0.3, -0.25) is 9.59 Å². The first kappa shape index (κ1) is 9.56. The van der Waals surface area contributed by atoms with Crippen LogP contribution in [0.2, 0.25) is 0 Å². The summed E-state index contributed by atoms with van der Waals surface area (Å²) in [7, 11) is 0. The lowest BCUT2D eigenvalue weighted by Gasteiger charge is -2.43. The van der Waals surface area contributed by atoms with E-state index in [1.807, 2.05) is 6.92 Å². The molecule has 82 valence electrons. The molecule has 15 heavy (non-hydrogen) atoms. The third-order valence-electron chi connectivity index (χ3n) is 6.06. The highest BCUT2D eigenvalue weighted by Crippen LogP contribution is 2.83. The van der Waals surface area contributed by atoms with Crippen LogP contribution in [0.5, 0.6) is 0 Å². The van der Waals surface area contributed by atoms with E-state index in [1.54, 1.807) is 0 Å². The van der Waals surface area contributed by atoms with Crippen LogP contribution >= 0.6 is 0 Å². The van der Waals surface area contributed by atoms with Gasteiger partial charge >= 0.3 is 0 Å². The van der Waals surface area contributed by atoms with Gasteiger partial charge in [-0.2, -0.15) is 0 Å². The fourth-order valence-electron chi connectivity index (χ4n) is 4.58. The summed E-state index contributed by atoms with van der Waals surface area (Å²) in [6.07, 6.45) is 3.32. The van der Waals surface area contributed by atoms with Crippen molar-refractivity contribution in [3.05, 3.63) is 0 Å². The molecule has 3 aliphatic rings. The molecule has 2 heteroatoms. The van der Waals surface area contributed by atoms with Gasteiger partial charge < -0.3 is 0 Å². The van der Waals surface area contributed by atoms with E-state index in [4.69, 9.17) is 0 Å². The molecule has 0 radical (unpaired) electrons. The van der Waals surface area contributed by atoms with Crippen molar-refractivity contribution in [3.8, 4) is 0 Å². The normalized spacial score (nSPS) is 57.7. The average Bonchev–Trinajstić information content (AvgIpc) is 2.75. The Morgan fingerprint density at radius 3 is 2.53 bits per heavy atom. The fourth-order valence-corrected chi connectivity index (χ4v) is 4.58.